The molecule has 8 nitrogen and oxygen atoms in total. The summed E-state index contributed by atoms with van der Waals surface area (Å²) in [6.07, 6.45) is 1.22. The Labute approximate surface area is 107 Å². The van der Waals surface area contributed by atoms with Crippen LogP contribution in [0.4, 0.5) is 5.69 Å². The highest BCUT2D eigenvalue weighted by Crippen LogP contribution is 2.26. The Balaban J connectivity index is 2.63. The van der Waals surface area contributed by atoms with Crippen molar-refractivity contribution in [2.75, 3.05) is 0 Å². The summed E-state index contributed by atoms with van der Waals surface area (Å²) in [5.74, 6) is -1.20. The molecule has 2 rings (SSSR count). The Hall–Kier alpha value is -2.77. The molecule has 0 spiro atoms. The minimum absolute atomic E-state index is 0.0482. The van der Waals surface area contributed by atoms with Crippen LogP contribution in [0.15, 0.2) is 18.3 Å². The maximum atomic E-state index is 10.9. The Morgan fingerprint density at radius 1 is 1.42 bits per heavy atom. The van der Waals surface area contributed by atoms with Crippen molar-refractivity contribution in [1.82, 2.24) is 15.0 Å². The SMILES string of the molecule is Cc1ccc([N+](=O)[O-])c(C)c1-n1cc(C(=O)O)nn1. The minimum Gasteiger partial charge on any atom is -0.476 e. The number of carbonyl (C=O) groups is 1. The molecule has 0 bridgehead atoms. The number of aromatic carboxylic acids is 1. The second kappa shape index (κ2) is 4.48. The number of aryl methyl sites for hydroxylation is 1. The summed E-state index contributed by atoms with van der Waals surface area (Å²) in [5, 5.41) is 26.9. The first kappa shape index (κ1) is 12.7. The second-order valence-corrected chi connectivity index (χ2v) is 3.99. The van der Waals surface area contributed by atoms with E-state index in [1.165, 1.54) is 16.9 Å². The normalized spacial score (nSPS) is 10.4. The van der Waals surface area contributed by atoms with Crippen LogP contribution in [0.1, 0.15) is 21.6 Å². The number of hydrogen-bond donors (Lipinski definition) is 1. The Morgan fingerprint density at radius 3 is 2.63 bits per heavy atom. The van der Waals surface area contributed by atoms with Gasteiger partial charge in [-0.15, -0.1) is 5.10 Å². The van der Waals surface area contributed by atoms with Gasteiger partial charge in [0, 0.05) is 6.07 Å². The summed E-state index contributed by atoms with van der Waals surface area (Å²) in [6.45, 7) is 3.34. The van der Waals surface area contributed by atoms with Gasteiger partial charge in [-0.25, -0.2) is 9.48 Å². The first-order valence-electron chi connectivity index (χ1n) is 5.32. The van der Waals surface area contributed by atoms with E-state index in [1.807, 2.05) is 0 Å². The smallest absolute Gasteiger partial charge is 0.358 e. The average molecular weight is 262 g/mol. The van der Waals surface area contributed by atoms with E-state index >= 15 is 0 Å². The van der Waals surface area contributed by atoms with E-state index in [1.54, 1.807) is 19.9 Å². The number of nitro benzene ring substituents is 1. The number of nitro groups is 1. The van der Waals surface area contributed by atoms with E-state index < -0.39 is 10.9 Å². The van der Waals surface area contributed by atoms with Crippen LogP contribution in [0.25, 0.3) is 5.69 Å². The molecule has 0 atom stereocenters. The van der Waals surface area contributed by atoms with E-state index in [0.29, 0.717) is 11.3 Å². The van der Waals surface area contributed by atoms with E-state index in [0.717, 1.165) is 5.56 Å². The Morgan fingerprint density at radius 2 is 2.11 bits per heavy atom. The van der Waals surface area contributed by atoms with Crippen LogP contribution in [-0.2, 0) is 0 Å². The highest BCUT2D eigenvalue weighted by atomic mass is 16.6. The van der Waals surface area contributed by atoms with E-state index in [-0.39, 0.29) is 11.4 Å². The first-order valence-corrected chi connectivity index (χ1v) is 5.32. The van der Waals surface area contributed by atoms with Crippen molar-refractivity contribution in [3.8, 4) is 5.69 Å². The van der Waals surface area contributed by atoms with E-state index in [2.05, 4.69) is 10.3 Å². The molecule has 0 aliphatic rings. The quantitative estimate of drug-likeness (QED) is 0.662. The predicted octanol–water partition coefficient (Wildman–Crippen LogP) is 1.49. The maximum Gasteiger partial charge on any atom is 0.358 e. The fourth-order valence-electron chi connectivity index (χ4n) is 1.85. The minimum atomic E-state index is -1.20. The summed E-state index contributed by atoms with van der Waals surface area (Å²) in [5.41, 5.74) is 1.35. The van der Waals surface area contributed by atoms with Crippen molar-refractivity contribution in [3.63, 3.8) is 0 Å². The fourth-order valence-corrected chi connectivity index (χ4v) is 1.85. The molecule has 1 aromatic carbocycles. The molecule has 0 radical (unpaired) electrons. The van der Waals surface area contributed by atoms with Gasteiger partial charge in [0.05, 0.1) is 22.4 Å². The lowest BCUT2D eigenvalue weighted by Gasteiger charge is -2.08. The summed E-state index contributed by atoms with van der Waals surface area (Å²) in [7, 11) is 0. The molecule has 0 fully saturated rings. The standard InChI is InChI=1S/C11H10N4O4/c1-6-3-4-9(15(18)19)7(2)10(6)14-5-8(11(16)17)12-13-14/h3-5H,1-2H3,(H,16,17). The van der Waals surface area contributed by atoms with Crippen LogP contribution < -0.4 is 0 Å². The number of nitrogens with zero attached hydrogens (tertiary/aromatic N) is 4. The van der Waals surface area contributed by atoms with Gasteiger partial charge in [0.1, 0.15) is 0 Å². The number of carboxylic acids is 1. The molecule has 0 aliphatic carbocycles. The van der Waals surface area contributed by atoms with Gasteiger partial charge in [-0.2, -0.15) is 0 Å². The molecule has 2 aromatic rings. The van der Waals surface area contributed by atoms with Crippen LogP contribution >= 0.6 is 0 Å². The number of carboxylic acid groups (broad SMARTS) is 1. The van der Waals surface area contributed by atoms with Crippen molar-refractivity contribution in [1.29, 1.82) is 0 Å². The fraction of sp³-hybridized carbons (Fsp3) is 0.182. The largest absolute Gasteiger partial charge is 0.476 e. The Bertz CT molecular complexity index is 677. The van der Waals surface area contributed by atoms with E-state index in [4.69, 9.17) is 5.11 Å². The summed E-state index contributed by atoms with van der Waals surface area (Å²) in [4.78, 5) is 21.2. The van der Waals surface area contributed by atoms with Crippen molar-refractivity contribution < 1.29 is 14.8 Å². The maximum absolute atomic E-state index is 10.9. The van der Waals surface area contributed by atoms with Gasteiger partial charge >= 0.3 is 5.97 Å². The van der Waals surface area contributed by atoms with Crippen LogP contribution in [-0.4, -0.2) is 31.0 Å². The molecular formula is C11H10N4O4. The third-order valence-corrected chi connectivity index (χ3v) is 2.74. The molecule has 0 unspecified atom stereocenters. The average Bonchev–Trinajstić information content (AvgIpc) is 2.78. The highest BCUT2D eigenvalue weighted by molar-refractivity contribution is 5.84. The number of rotatable bonds is 3. The number of aromatic nitrogens is 3. The Kier molecular flexibility index (Phi) is 2.99. The number of hydrogen-bond acceptors (Lipinski definition) is 5. The predicted molar refractivity (Wildman–Crippen MR) is 64.4 cm³/mol. The molecule has 1 heterocycles. The van der Waals surface area contributed by atoms with Crippen molar-refractivity contribution in [2.24, 2.45) is 0 Å². The zero-order valence-electron chi connectivity index (χ0n) is 10.2. The van der Waals surface area contributed by atoms with Gasteiger partial charge in [-0.3, -0.25) is 10.1 Å². The van der Waals surface area contributed by atoms with Gasteiger partial charge in [0.15, 0.2) is 5.69 Å². The molecule has 8 heteroatoms. The number of benzene rings is 1. The van der Waals surface area contributed by atoms with Crippen LogP contribution in [0.3, 0.4) is 0 Å². The molecule has 0 saturated heterocycles. The molecular weight excluding hydrogens is 252 g/mol. The zero-order chi connectivity index (χ0) is 14.2. The zero-order valence-corrected chi connectivity index (χ0v) is 10.2. The first-order chi connectivity index (χ1) is 8.91. The van der Waals surface area contributed by atoms with Crippen LogP contribution in [0.5, 0.6) is 0 Å². The molecule has 0 amide bonds. The molecule has 0 saturated carbocycles. The van der Waals surface area contributed by atoms with Crippen molar-refractivity contribution >= 4 is 11.7 Å². The van der Waals surface area contributed by atoms with E-state index in [9.17, 15) is 14.9 Å². The molecule has 1 aromatic heterocycles. The van der Waals surface area contributed by atoms with Crippen molar-refractivity contribution in [3.05, 3.63) is 45.3 Å². The monoisotopic (exact) mass is 262 g/mol. The summed E-state index contributed by atoms with van der Waals surface area (Å²) in [6, 6.07) is 2.99. The van der Waals surface area contributed by atoms with Gasteiger partial charge in [-0.1, -0.05) is 11.3 Å². The van der Waals surface area contributed by atoms with Gasteiger partial charge < -0.3 is 5.11 Å². The topological polar surface area (TPSA) is 111 Å². The lowest BCUT2D eigenvalue weighted by Crippen LogP contribution is -2.04. The van der Waals surface area contributed by atoms with Crippen molar-refractivity contribution in [2.45, 2.75) is 13.8 Å². The van der Waals surface area contributed by atoms with Crippen LogP contribution in [0, 0.1) is 24.0 Å². The van der Waals surface area contributed by atoms with Gasteiger partial charge in [-0.05, 0) is 19.4 Å². The summed E-state index contributed by atoms with van der Waals surface area (Å²) < 4.78 is 1.24. The molecule has 0 aliphatic heterocycles. The van der Waals surface area contributed by atoms with Gasteiger partial charge in [0.2, 0.25) is 0 Å². The second-order valence-electron chi connectivity index (χ2n) is 3.99. The third-order valence-electron chi connectivity index (χ3n) is 2.74. The van der Waals surface area contributed by atoms with Crippen LogP contribution in [0.2, 0.25) is 0 Å². The lowest BCUT2D eigenvalue weighted by atomic mass is 10.1. The lowest BCUT2D eigenvalue weighted by molar-refractivity contribution is -0.385. The molecule has 1 N–H and O–H groups in total. The molecule has 98 valence electrons. The summed E-state index contributed by atoms with van der Waals surface area (Å²) >= 11 is 0. The van der Waals surface area contributed by atoms with Gasteiger partial charge in [0.25, 0.3) is 5.69 Å². The highest BCUT2D eigenvalue weighted by Gasteiger charge is 2.19. The molecule has 19 heavy (non-hydrogen) atoms. The third kappa shape index (κ3) is 2.15.